The lowest BCUT2D eigenvalue weighted by atomic mass is 10.2. The van der Waals surface area contributed by atoms with E-state index >= 15 is 0 Å². The van der Waals surface area contributed by atoms with Crippen molar-refractivity contribution in [3.05, 3.63) is 23.8 Å². The maximum atomic E-state index is 11.2. The Morgan fingerprint density at radius 3 is 2.50 bits per heavy atom. The molecule has 2 rings (SSSR count). The highest BCUT2D eigenvalue weighted by Crippen LogP contribution is 2.24. The normalized spacial score (nSPS) is 18.1. The van der Waals surface area contributed by atoms with Gasteiger partial charge in [0.25, 0.3) is 0 Å². The van der Waals surface area contributed by atoms with E-state index < -0.39 is 9.84 Å². The molecule has 2 N–H and O–H groups in total. The van der Waals surface area contributed by atoms with Crippen LogP contribution in [0.15, 0.2) is 23.2 Å². The van der Waals surface area contributed by atoms with E-state index in [4.69, 9.17) is 9.47 Å². The van der Waals surface area contributed by atoms with Crippen LogP contribution in [0.4, 0.5) is 0 Å². The van der Waals surface area contributed by atoms with Crippen molar-refractivity contribution in [1.29, 1.82) is 0 Å². The number of rotatable bonds is 9. The smallest absolute Gasteiger partial charge is 0.191 e. The summed E-state index contributed by atoms with van der Waals surface area (Å²) in [5, 5.41) is 6.61. The van der Waals surface area contributed by atoms with Crippen molar-refractivity contribution in [1.82, 2.24) is 15.5 Å². The van der Waals surface area contributed by atoms with Gasteiger partial charge in [-0.3, -0.25) is 9.89 Å². The molecule has 1 fully saturated rings. The molecular weight excluding hydrogens is 380 g/mol. The van der Waals surface area contributed by atoms with Crippen LogP contribution in [-0.4, -0.2) is 78.2 Å². The van der Waals surface area contributed by atoms with Crippen molar-refractivity contribution in [2.45, 2.75) is 25.4 Å². The molecule has 1 aliphatic heterocycles. The molecule has 28 heavy (non-hydrogen) atoms. The summed E-state index contributed by atoms with van der Waals surface area (Å²) >= 11 is 0. The van der Waals surface area contributed by atoms with Crippen molar-refractivity contribution in [3.63, 3.8) is 0 Å². The van der Waals surface area contributed by atoms with Gasteiger partial charge >= 0.3 is 0 Å². The minimum atomic E-state index is -2.92. The van der Waals surface area contributed by atoms with Gasteiger partial charge in [0.05, 0.1) is 20.0 Å². The summed E-state index contributed by atoms with van der Waals surface area (Å²) < 4.78 is 33.1. The summed E-state index contributed by atoms with van der Waals surface area (Å²) in [5.74, 6) is 2.48. The third-order valence-electron chi connectivity index (χ3n) is 4.64. The van der Waals surface area contributed by atoms with E-state index in [-0.39, 0.29) is 5.75 Å². The van der Waals surface area contributed by atoms with Gasteiger partial charge in [0.15, 0.2) is 5.96 Å². The average molecular weight is 413 g/mol. The first-order valence-electron chi connectivity index (χ1n) is 9.42. The fraction of sp³-hybridized carbons (Fsp3) is 0.632. The maximum Gasteiger partial charge on any atom is 0.191 e. The van der Waals surface area contributed by atoms with Crippen molar-refractivity contribution in [3.8, 4) is 11.5 Å². The standard InChI is InChI=1S/C19H32N4O4S/c1-20-19(21-7-5-9-28(4,24)25)22-16-6-8-23(14-16)13-15-10-17(26-2)12-18(11-15)27-3/h10-12,16H,5-9,13-14H2,1-4H3,(H2,20,21,22). The van der Waals surface area contributed by atoms with Crippen LogP contribution < -0.4 is 20.1 Å². The average Bonchev–Trinajstić information content (AvgIpc) is 3.09. The third-order valence-corrected chi connectivity index (χ3v) is 5.67. The van der Waals surface area contributed by atoms with Gasteiger partial charge in [-0.05, 0) is 30.5 Å². The lowest BCUT2D eigenvalue weighted by Crippen LogP contribution is -2.45. The van der Waals surface area contributed by atoms with Crippen LogP contribution in [-0.2, 0) is 16.4 Å². The van der Waals surface area contributed by atoms with Gasteiger partial charge in [0.1, 0.15) is 21.3 Å². The summed E-state index contributed by atoms with van der Waals surface area (Å²) in [5.41, 5.74) is 1.15. The van der Waals surface area contributed by atoms with E-state index in [1.807, 2.05) is 18.2 Å². The Hall–Kier alpha value is -2.00. The summed E-state index contributed by atoms with van der Waals surface area (Å²) in [6, 6.07) is 6.24. The summed E-state index contributed by atoms with van der Waals surface area (Å²) in [6.07, 6.45) is 2.84. The topological polar surface area (TPSA) is 92.3 Å². The summed E-state index contributed by atoms with van der Waals surface area (Å²) in [7, 11) is 2.11. The number of sulfone groups is 1. The van der Waals surface area contributed by atoms with Crippen LogP contribution in [0.25, 0.3) is 0 Å². The summed E-state index contributed by atoms with van der Waals surface area (Å²) in [4.78, 5) is 6.61. The highest BCUT2D eigenvalue weighted by molar-refractivity contribution is 7.90. The molecule has 158 valence electrons. The van der Waals surface area contributed by atoms with Crippen molar-refractivity contribution >= 4 is 15.8 Å². The van der Waals surface area contributed by atoms with Crippen molar-refractivity contribution in [2.75, 3.05) is 52.9 Å². The number of aliphatic imine (C=N–C) groups is 1. The molecule has 1 atom stereocenters. The first-order valence-corrected chi connectivity index (χ1v) is 11.5. The largest absolute Gasteiger partial charge is 0.497 e. The molecule has 9 heteroatoms. The summed E-state index contributed by atoms with van der Waals surface area (Å²) in [6.45, 7) is 3.30. The molecule has 1 aliphatic rings. The number of methoxy groups -OCH3 is 2. The molecule has 8 nitrogen and oxygen atoms in total. The first kappa shape index (κ1) is 22.3. The fourth-order valence-corrected chi connectivity index (χ4v) is 3.91. The van der Waals surface area contributed by atoms with Crippen LogP contribution >= 0.6 is 0 Å². The molecule has 0 aliphatic carbocycles. The Kier molecular flexibility index (Phi) is 8.37. The van der Waals surface area contributed by atoms with E-state index in [0.29, 0.717) is 25.0 Å². The number of benzene rings is 1. The van der Waals surface area contributed by atoms with E-state index in [0.717, 1.165) is 43.1 Å². The molecule has 1 aromatic rings. The number of hydrogen-bond donors (Lipinski definition) is 2. The van der Waals surface area contributed by atoms with E-state index in [1.165, 1.54) is 6.26 Å². The fourth-order valence-electron chi connectivity index (χ4n) is 3.24. The van der Waals surface area contributed by atoms with Crippen molar-refractivity contribution in [2.24, 2.45) is 4.99 Å². The monoisotopic (exact) mass is 412 g/mol. The van der Waals surface area contributed by atoms with Crippen LogP contribution in [0, 0.1) is 0 Å². The molecule has 0 aromatic heterocycles. The number of likely N-dealkylation sites (tertiary alicyclic amines) is 1. The predicted molar refractivity (Wildman–Crippen MR) is 112 cm³/mol. The quantitative estimate of drug-likeness (QED) is 0.353. The number of nitrogens with zero attached hydrogens (tertiary/aromatic N) is 2. The minimum absolute atomic E-state index is 0.179. The number of nitrogens with one attached hydrogen (secondary N) is 2. The molecule has 0 saturated carbocycles. The van der Waals surface area contributed by atoms with E-state index in [9.17, 15) is 8.42 Å². The second kappa shape index (κ2) is 10.5. The second-order valence-corrected chi connectivity index (χ2v) is 9.33. The Morgan fingerprint density at radius 2 is 1.93 bits per heavy atom. The van der Waals surface area contributed by atoms with Gasteiger partial charge in [-0.2, -0.15) is 0 Å². The molecule has 1 heterocycles. The lowest BCUT2D eigenvalue weighted by Gasteiger charge is -2.19. The van der Waals surface area contributed by atoms with E-state index in [1.54, 1.807) is 21.3 Å². The van der Waals surface area contributed by atoms with Gasteiger partial charge in [-0.1, -0.05) is 0 Å². The predicted octanol–water partition coefficient (Wildman–Crippen LogP) is 0.878. The Morgan fingerprint density at radius 1 is 1.25 bits per heavy atom. The molecule has 1 saturated heterocycles. The number of ether oxygens (including phenoxy) is 2. The van der Waals surface area contributed by atoms with Gasteiger partial charge in [-0.25, -0.2) is 8.42 Å². The number of hydrogen-bond acceptors (Lipinski definition) is 6. The van der Waals surface area contributed by atoms with Crippen molar-refractivity contribution < 1.29 is 17.9 Å². The molecule has 0 radical (unpaired) electrons. The van der Waals surface area contributed by atoms with Crippen LogP contribution in [0.1, 0.15) is 18.4 Å². The Balaban J connectivity index is 1.81. The van der Waals surface area contributed by atoms with E-state index in [2.05, 4.69) is 20.5 Å². The molecule has 0 amide bonds. The molecule has 0 spiro atoms. The first-order chi connectivity index (χ1) is 13.3. The lowest BCUT2D eigenvalue weighted by molar-refractivity contribution is 0.321. The second-order valence-electron chi connectivity index (χ2n) is 7.07. The highest BCUT2D eigenvalue weighted by Gasteiger charge is 2.23. The molecule has 1 unspecified atom stereocenters. The third kappa shape index (κ3) is 7.55. The Bertz CT molecular complexity index is 745. The van der Waals surface area contributed by atoms with Gasteiger partial charge < -0.3 is 20.1 Å². The Labute approximate surface area is 168 Å². The zero-order valence-corrected chi connectivity index (χ0v) is 18.0. The van der Waals surface area contributed by atoms with Crippen LogP contribution in [0.2, 0.25) is 0 Å². The van der Waals surface area contributed by atoms with Crippen LogP contribution in [0.5, 0.6) is 11.5 Å². The van der Waals surface area contributed by atoms with Gasteiger partial charge in [0.2, 0.25) is 0 Å². The minimum Gasteiger partial charge on any atom is -0.497 e. The zero-order valence-electron chi connectivity index (χ0n) is 17.2. The maximum absolute atomic E-state index is 11.2. The van der Waals surface area contributed by atoms with Gasteiger partial charge in [0, 0.05) is 51.6 Å². The molecular formula is C19H32N4O4S. The van der Waals surface area contributed by atoms with Crippen LogP contribution in [0.3, 0.4) is 0 Å². The molecule has 1 aromatic carbocycles. The van der Waals surface area contributed by atoms with Gasteiger partial charge in [-0.15, -0.1) is 0 Å². The highest BCUT2D eigenvalue weighted by atomic mass is 32.2. The number of guanidine groups is 1. The zero-order chi connectivity index (χ0) is 20.6. The SMILES string of the molecule is CN=C(NCCCS(C)(=O)=O)NC1CCN(Cc2cc(OC)cc(OC)c2)C1. The molecule has 0 bridgehead atoms.